The minimum Gasteiger partial charge on any atom is -0.461 e. The van der Waals surface area contributed by atoms with E-state index in [1.807, 2.05) is 21.1 Å². The van der Waals surface area contributed by atoms with Gasteiger partial charge in [-0.15, -0.1) is 0 Å². The Morgan fingerprint density at radius 2 is 1.55 bits per heavy atom. The molecule has 4 aromatic rings. The number of aromatic nitrogens is 3. The smallest absolute Gasteiger partial charge is 0.322 e. The maximum absolute atomic E-state index is 13.8. The first kappa shape index (κ1) is 49.6. The van der Waals surface area contributed by atoms with Gasteiger partial charge in [0.15, 0.2) is 11.6 Å². The number of hydrogen-bond acceptors (Lipinski definition) is 17. The van der Waals surface area contributed by atoms with E-state index in [2.05, 4.69) is 39.4 Å². The number of carbonyl (C=O) groups excluding carboxylic acids is 2. The number of nitrogens with zero attached hydrogens (tertiary/aromatic N) is 4. The largest absolute Gasteiger partial charge is 0.461 e. The number of fused-ring (bicyclic) bond motifs is 2. The number of nitrogens with two attached hydrogens (primary N) is 1. The van der Waals surface area contributed by atoms with E-state index in [-0.39, 0.29) is 94.9 Å². The predicted octanol–water partition coefficient (Wildman–Crippen LogP) is 4.55. The summed E-state index contributed by atoms with van der Waals surface area (Å²) in [6.45, 7) is 5.12. The van der Waals surface area contributed by atoms with E-state index >= 15 is 0 Å². The number of ketones is 2. The van der Waals surface area contributed by atoms with E-state index in [1.54, 1.807) is 7.11 Å². The third kappa shape index (κ3) is 11.6. The van der Waals surface area contributed by atoms with Gasteiger partial charge >= 0.3 is 6.01 Å². The Morgan fingerprint density at radius 1 is 0.892 bits per heavy atom. The molecule has 1 aliphatic heterocycles. The molecule has 3 aromatic carbocycles. The number of hydrogen-bond donors (Lipinski definition) is 6. The van der Waals surface area contributed by atoms with Crippen LogP contribution in [0, 0.1) is 11.8 Å². The Kier molecular flexibility index (Phi) is 15.2. The molecule has 0 radical (unpaired) electrons. The van der Waals surface area contributed by atoms with Crippen LogP contribution in [-0.4, -0.2) is 141 Å². The molecule has 352 valence electrons. The van der Waals surface area contributed by atoms with Gasteiger partial charge in [-0.25, -0.2) is 0 Å². The van der Waals surface area contributed by atoms with Crippen LogP contribution in [-0.2, 0) is 34.4 Å². The van der Waals surface area contributed by atoms with E-state index in [1.165, 1.54) is 30.3 Å². The predicted molar refractivity (Wildman–Crippen MR) is 238 cm³/mol. The van der Waals surface area contributed by atoms with Gasteiger partial charge in [0.25, 0.3) is 20.2 Å². The number of likely N-dealkylation sites (N-methyl/N-ethyl adjacent to an activating group) is 1. The molecule has 0 saturated carbocycles. The number of nitrogens with one attached hydrogen (secondary N) is 2. The SMILES string of the molecule is CCC1C(CCC(O)C[N+](C)(C)C)OC(COC)C(OCCOc2nc(Cl)nc(Nc3cc(Nc4cc(S(=O)(=O)O)c(N)c5c4C(=O)c4ccccc4C5=O)ccc3S(=O)(=O)O)n2)C1C. The summed E-state index contributed by atoms with van der Waals surface area (Å²) in [5.74, 6) is -1.57. The second kappa shape index (κ2) is 19.9. The van der Waals surface area contributed by atoms with E-state index in [4.69, 9.17) is 36.3 Å². The second-order valence-corrected chi connectivity index (χ2v) is 20.0. The number of aliphatic hydroxyl groups is 1. The van der Waals surface area contributed by atoms with Crippen LogP contribution in [0.5, 0.6) is 6.01 Å². The summed E-state index contributed by atoms with van der Waals surface area (Å²) >= 11 is 6.23. The highest BCUT2D eigenvalue weighted by Crippen LogP contribution is 2.41. The Labute approximate surface area is 381 Å². The highest BCUT2D eigenvalue weighted by Gasteiger charge is 2.43. The molecule has 65 heavy (non-hydrogen) atoms. The summed E-state index contributed by atoms with van der Waals surface area (Å²) in [6.07, 6.45) is 0.797. The molecule has 6 atom stereocenters. The molecule has 2 aliphatic rings. The minimum absolute atomic E-state index is 0.0113. The molecule has 1 saturated heterocycles. The highest BCUT2D eigenvalue weighted by molar-refractivity contribution is 7.86. The van der Waals surface area contributed by atoms with Crippen LogP contribution in [0.3, 0.4) is 0 Å². The number of ether oxygens (including phenoxy) is 4. The normalized spacial score (nSPS) is 20.5. The monoisotopic (exact) mass is 962 g/mol. The Morgan fingerprint density at radius 3 is 2.17 bits per heavy atom. The molecule has 6 rings (SSSR count). The fourth-order valence-corrected chi connectivity index (χ4v) is 9.89. The number of anilines is 5. The number of quaternary nitrogens is 1. The van der Waals surface area contributed by atoms with Crippen LogP contribution in [0.15, 0.2) is 58.3 Å². The molecule has 0 spiro atoms. The van der Waals surface area contributed by atoms with Crippen molar-refractivity contribution in [2.24, 2.45) is 11.8 Å². The van der Waals surface area contributed by atoms with Crippen LogP contribution < -0.4 is 21.1 Å². The van der Waals surface area contributed by atoms with Crippen LogP contribution in [0.4, 0.5) is 28.7 Å². The molecule has 1 aliphatic carbocycles. The number of aliphatic hydroxyl groups excluding tert-OH is 1. The van der Waals surface area contributed by atoms with E-state index in [0.29, 0.717) is 23.9 Å². The molecule has 7 N–H and O–H groups in total. The summed E-state index contributed by atoms with van der Waals surface area (Å²) in [6, 6.07) is 9.75. The average Bonchev–Trinajstić information content (AvgIpc) is 3.20. The molecular formula is C42H53ClN7O13S2+. The van der Waals surface area contributed by atoms with Crippen molar-refractivity contribution < 1.29 is 64.1 Å². The van der Waals surface area contributed by atoms with E-state index in [9.17, 15) is 40.6 Å². The Hall–Kier alpha value is -4.88. The summed E-state index contributed by atoms with van der Waals surface area (Å²) in [4.78, 5) is 38.1. The average molecular weight is 964 g/mol. The lowest BCUT2D eigenvalue weighted by atomic mass is 9.77. The van der Waals surface area contributed by atoms with Crippen molar-refractivity contribution >= 4 is 72.1 Å². The zero-order chi connectivity index (χ0) is 47.6. The van der Waals surface area contributed by atoms with Crippen molar-refractivity contribution in [1.29, 1.82) is 0 Å². The van der Waals surface area contributed by atoms with Crippen molar-refractivity contribution in [3.63, 3.8) is 0 Å². The first-order chi connectivity index (χ1) is 30.5. The second-order valence-electron chi connectivity index (χ2n) is 16.9. The number of carbonyl (C=O) groups is 2. The number of rotatable bonds is 19. The van der Waals surface area contributed by atoms with Gasteiger partial charge in [-0.3, -0.25) is 18.7 Å². The molecule has 2 heterocycles. The van der Waals surface area contributed by atoms with Gasteiger partial charge in [0.1, 0.15) is 35.2 Å². The molecular weight excluding hydrogens is 910 g/mol. The summed E-state index contributed by atoms with van der Waals surface area (Å²) in [5.41, 5.74) is 4.03. The molecule has 1 fully saturated rings. The highest BCUT2D eigenvalue weighted by atomic mass is 35.5. The lowest BCUT2D eigenvalue weighted by molar-refractivity contribution is -0.873. The Bertz CT molecular complexity index is 2670. The van der Waals surface area contributed by atoms with Gasteiger partial charge in [-0.05, 0) is 60.5 Å². The van der Waals surface area contributed by atoms with Crippen molar-refractivity contribution in [2.45, 2.75) is 67.3 Å². The molecule has 0 amide bonds. The lowest BCUT2D eigenvalue weighted by Crippen LogP contribution is -2.53. The number of methoxy groups -OCH3 is 1. The molecule has 1 aromatic heterocycles. The summed E-state index contributed by atoms with van der Waals surface area (Å²) < 4.78 is 94.9. The molecule has 6 unspecified atom stereocenters. The number of halogens is 1. The van der Waals surface area contributed by atoms with Gasteiger partial charge < -0.3 is 44.9 Å². The van der Waals surface area contributed by atoms with Gasteiger partial charge in [-0.2, -0.15) is 31.8 Å². The van der Waals surface area contributed by atoms with Crippen LogP contribution in [0.1, 0.15) is 65.0 Å². The van der Waals surface area contributed by atoms with E-state index in [0.717, 1.165) is 24.6 Å². The number of nitrogen functional groups attached to an aromatic ring is 1. The third-order valence-electron chi connectivity index (χ3n) is 11.2. The minimum atomic E-state index is -5.05. The first-order valence-electron chi connectivity index (χ1n) is 20.6. The van der Waals surface area contributed by atoms with Crippen LogP contribution in [0.2, 0.25) is 5.28 Å². The topological polar surface area (TPSA) is 289 Å². The van der Waals surface area contributed by atoms with Gasteiger partial charge in [0.05, 0.1) is 74.8 Å². The van der Waals surface area contributed by atoms with Gasteiger partial charge in [0.2, 0.25) is 11.2 Å². The zero-order valence-corrected chi connectivity index (χ0v) is 38.9. The number of benzene rings is 3. The maximum Gasteiger partial charge on any atom is 0.322 e. The van der Waals surface area contributed by atoms with Crippen molar-refractivity contribution in [3.05, 3.63) is 76.1 Å². The zero-order valence-electron chi connectivity index (χ0n) is 36.5. The van der Waals surface area contributed by atoms with E-state index < -0.39 is 65.1 Å². The van der Waals surface area contributed by atoms with Crippen LogP contribution in [0.25, 0.3) is 0 Å². The Balaban J connectivity index is 1.20. The fraction of sp³-hybridized carbons (Fsp3) is 0.452. The van der Waals surface area contributed by atoms with Crippen molar-refractivity contribution in [2.75, 3.05) is 71.0 Å². The van der Waals surface area contributed by atoms with Crippen molar-refractivity contribution in [1.82, 2.24) is 15.0 Å². The third-order valence-corrected chi connectivity index (χ3v) is 13.2. The van der Waals surface area contributed by atoms with Gasteiger partial charge in [-0.1, -0.05) is 44.5 Å². The summed E-state index contributed by atoms with van der Waals surface area (Å²) in [7, 11) is -2.28. The standard InChI is InChI=1S/C42H52ClN7O13S2/c1-7-25-22(2)39(31(21-60-6)63-30(25)14-13-24(51)20-50(3,4)5)61-16-17-62-42-48-40(43)47-41(49-42)46-28-18-23(12-15-32(28)64(54,55)56)45-29-19-33(65(57,58)59)36(44)35-34(29)37(52)26-10-8-9-11-27(26)38(35)53/h8-12,15,18-19,22,24-25,30-31,39,51H,7,13-14,16-17,20-21H2,1-6H3,(H5-,44,45,46,47,48,49,52,53,54,55,56,57,58,59)/p+1. The van der Waals surface area contributed by atoms with Crippen LogP contribution >= 0.6 is 11.6 Å². The maximum atomic E-state index is 13.8. The quantitative estimate of drug-likeness (QED) is 0.0286. The molecule has 20 nitrogen and oxygen atoms in total. The lowest BCUT2D eigenvalue weighted by Gasteiger charge is -2.46. The molecule has 23 heteroatoms. The summed E-state index contributed by atoms with van der Waals surface area (Å²) in [5, 5.41) is 15.8. The fourth-order valence-electron chi connectivity index (χ4n) is 8.46. The van der Waals surface area contributed by atoms with Crippen molar-refractivity contribution in [3.8, 4) is 6.01 Å². The first-order valence-corrected chi connectivity index (χ1v) is 23.8. The molecule has 0 bridgehead atoms. The van der Waals surface area contributed by atoms with Gasteiger partial charge in [0, 0.05) is 23.9 Å².